The molecule has 0 bridgehead atoms. The summed E-state index contributed by atoms with van der Waals surface area (Å²) in [5.41, 5.74) is 2.87. The fourth-order valence-electron chi connectivity index (χ4n) is 3.75. The van der Waals surface area contributed by atoms with Gasteiger partial charge in [-0.2, -0.15) is 5.10 Å². The van der Waals surface area contributed by atoms with Crippen LogP contribution in [0.5, 0.6) is 0 Å². The van der Waals surface area contributed by atoms with Gasteiger partial charge in [0.25, 0.3) is 5.56 Å². The molecule has 6 nitrogen and oxygen atoms in total. The molecule has 166 valence electrons. The van der Waals surface area contributed by atoms with E-state index in [1.54, 1.807) is 17.4 Å². The van der Waals surface area contributed by atoms with Gasteiger partial charge < -0.3 is 9.88 Å². The van der Waals surface area contributed by atoms with E-state index in [1.165, 1.54) is 27.2 Å². The second kappa shape index (κ2) is 9.96. The quantitative estimate of drug-likeness (QED) is 0.414. The Labute approximate surface area is 191 Å². The lowest BCUT2D eigenvalue weighted by Gasteiger charge is -2.08. The average molecular weight is 449 g/mol. The van der Waals surface area contributed by atoms with Crippen molar-refractivity contribution < 1.29 is 4.79 Å². The Hall–Kier alpha value is -3.19. The molecule has 4 aromatic rings. The minimum absolute atomic E-state index is 0.0891. The second-order valence-electron chi connectivity index (χ2n) is 8.34. The molecule has 1 N–H and O–H groups in total. The Kier molecular flexibility index (Phi) is 6.85. The maximum atomic E-state index is 12.5. The number of aryl methyl sites for hydroxylation is 1. The number of hydrogen-bond acceptors (Lipinski definition) is 4. The Morgan fingerprint density at radius 2 is 1.97 bits per heavy atom. The number of hydrogen-bond donors (Lipinski definition) is 1. The predicted molar refractivity (Wildman–Crippen MR) is 130 cm³/mol. The highest BCUT2D eigenvalue weighted by Crippen LogP contribution is 2.23. The van der Waals surface area contributed by atoms with Crippen molar-refractivity contribution in [3.05, 3.63) is 76.0 Å². The van der Waals surface area contributed by atoms with Gasteiger partial charge in [-0.1, -0.05) is 38.1 Å². The van der Waals surface area contributed by atoms with Gasteiger partial charge in [-0.05, 0) is 47.9 Å². The highest BCUT2D eigenvalue weighted by Gasteiger charge is 2.11. The number of para-hydroxylation sites is 1. The maximum Gasteiger partial charge on any atom is 0.267 e. The smallest absolute Gasteiger partial charge is 0.267 e. The molecule has 0 saturated carbocycles. The summed E-state index contributed by atoms with van der Waals surface area (Å²) in [5.74, 6) is 0.431. The standard InChI is InChI=1S/C25H28N4O2S/c1-18(2)12-14-28-16-19(20-6-3-4-7-22(20)28)11-13-26-24(30)17-29-25(31)10-9-21(27-29)23-8-5-15-32-23/h3-10,15-16,18H,11-14,17H2,1-2H3,(H,26,30). The summed E-state index contributed by atoms with van der Waals surface area (Å²) in [7, 11) is 0. The zero-order valence-electron chi connectivity index (χ0n) is 18.5. The van der Waals surface area contributed by atoms with Crippen LogP contribution in [0, 0.1) is 5.92 Å². The SMILES string of the molecule is CC(C)CCn1cc(CCNC(=O)Cn2nc(-c3cccs3)ccc2=O)c2ccccc21. The molecule has 0 unspecified atom stereocenters. The molecular formula is C25H28N4O2S. The first-order valence-electron chi connectivity index (χ1n) is 11.0. The van der Waals surface area contributed by atoms with Crippen LogP contribution in [0.2, 0.25) is 0 Å². The third-order valence-corrected chi connectivity index (χ3v) is 6.36. The Bertz CT molecular complexity index is 1250. The number of nitrogens with one attached hydrogen (secondary N) is 1. The number of thiophene rings is 1. The van der Waals surface area contributed by atoms with Gasteiger partial charge in [0.2, 0.25) is 5.91 Å². The van der Waals surface area contributed by atoms with E-state index in [1.807, 2.05) is 17.5 Å². The summed E-state index contributed by atoms with van der Waals surface area (Å²) < 4.78 is 3.54. The number of benzene rings is 1. The Morgan fingerprint density at radius 3 is 2.75 bits per heavy atom. The summed E-state index contributed by atoms with van der Waals surface area (Å²) in [4.78, 5) is 25.6. The lowest BCUT2D eigenvalue weighted by atomic mass is 10.1. The Morgan fingerprint density at radius 1 is 1.12 bits per heavy atom. The van der Waals surface area contributed by atoms with Crippen molar-refractivity contribution in [2.45, 2.75) is 39.8 Å². The van der Waals surface area contributed by atoms with Crippen LogP contribution in [0.15, 0.2) is 64.9 Å². The fourth-order valence-corrected chi connectivity index (χ4v) is 4.44. The number of carbonyl (C=O) groups excluding carboxylic acids is 1. The van der Waals surface area contributed by atoms with Crippen molar-refractivity contribution in [3.63, 3.8) is 0 Å². The molecular weight excluding hydrogens is 420 g/mol. The van der Waals surface area contributed by atoms with Gasteiger partial charge in [0.05, 0.1) is 4.88 Å². The summed E-state index contributed by atoms with van der Waals surface area (Å²) in [6, 6.07) is 15.4. The van der Waals surface area contributed by atoms with E-state index in [0.717, 1.165) is 24.3 Å². The molecule has 0 radical (unpaired) electrons. The highest BCUT2D eigenvalue weighted by atomic mass is 32.1. The number of aromatic nitrogens is 3. The van der Waals surface area contributed by atoms with Gasteiger partial charge in [-0.3, -0.25) is 9.59 Å². The number of fused-ring (bicyclic) bond motifs is 1. The van der Waals surface area contributed by atoms with E-state index in [-0.39, 0.29) is 18.0 Å². The molecule has 0 aliphatic carbocycles. The third kappa shape index (κ3) is 5.16. The van der Waals surface area contributed by atoms with Crippen molar-refractivity contribution in [3.8, 4) is 10.6 Å². The van der Waals surface area contributed by atoms with E-state index in [9.17, 15) is 9.59 Å². The van der Waals surface area contributed by atoms with Gasteiger partial charge >= 0.3 is 0 Å². The van der Waals surface area contributed by atoms with Gasteiger partial charge in [0.1, 0.15) is 12.2 Å². The van der Waals surface area contributed by atoms with E-state index < -0.39 is 0 Å². The van der Waals surface area contributed by atoms with E-state index in [4.69, 9.17) is 0 Å². The molecule has 1 aromatic carbocycles. The first kappa shape index (κ1) is 22.0. The van der Waals surface area contributed by atoms with Crippen molar-refractivity contribution in [2.75, 3.05) is 6.54 Å². The first-order valence-corrected chi connectivity index (χ1v) is 11.8. The third-order valence-electron chi connectivity index (χ3n) is 5.47. The zero-order valence-corrected chi connectivity index (χ0v) is 19.3. The normalized spacial score (nSPS) is 11.3. The van der Waals surface area contributed by atoms with Crippen molar-refractivity contribution >= 4 is 28.1 Å². The molecule has 0 saturated heterocycles. The van der Waals surface area contributed by atoms with E-state index in [0.29, 0.717) is 18.2 Å². The van der Waals surface area contributed by atoms with Crippen molar-refractivity contribution in [2.24, 2.45) is 5.92 Å². The number of nitrogens with zero attached hydrogens (tertiary/aromatic N) is 3. The lowest BCUT2D eigenvalue weighted by Crippen LogP contribution is -2.34. The highest BCUT2D eigenvalue weighted by molar-refractivity contribution is 7.13. The molecule has 0 aliphatic heterocycles. The lowest BCUT2D eigenvalue weighted by molar-refractivity contribution is -0.121. The minimum atomic E-state index is -0.284. The van der Waals surface area contributed by atoms with Crippen LogP contribution in [0.25, 0.3) is 21.5 Å². The maximum absolute atomic E-state index is 12.5. The fraction of sp³-hybridized carbons (Fsp3) is 0.320. The molecule has 0 spiro atoms. The molecule has 0 fully saturated rings. The van der Waals surface area contributed by atoms with E-state index in [2.05, 4.69) is 59.3 Å². The van der Waals surface area contributed by atoms with Crippen LogP contribution in [0.4, 0.5) is 0 Å². The van der Waals surface area contributed by atoms with Gasteiger partial charge in [0, 0.05) is 36.3 Å². The monoisotopic (exact) mass is 448 g/mol. The molecule has 1 amide bonds. The van der Waals surface area contributed by atoms with Crippen LogP contribution in [-0.2, 0) is 24.3 Å². The summed E-state index contributed by atoms with van der Waals surface area (Å²) >= 11 is 1.55. The number of amides is 1. The summed E-state index contributed by atoms with van der Waals surface area (Å²) in [6.07, 6.45) is 4.06. The molecule has 3 heterocycles. The Balaban J connectivity index is 1.39. The van der Waals surface area contributed by atoms with Crippen molar-refractivity contribution in [1.82, 2.24) is 19.7 Å². The molecule has 32 heavy (non-hydrogen) atoms. The van der Waals surface area contributed by atoms with Crippen LogP contribution in [-0.4, -0.2) is 26.8 Å². The largest absolute Gasteiger partial charge is 0.354 e. The zero-order chi connectivity index (χ0) is 22.5. The van der Waals surface area contributed by atoms with Gasteiger partial charge in [0.15, 0.2) is 0 Å². The molecule has 0 aliphatic rings. The van der Waals surface area contributed by atoms with Crippen LogP contribution < -0.4 is 10.9 Å². The first-order chi connectivity index (χ1) is 15.5. The second-order valence-corrected chi connectivity index (χ2v) is 9.29. The predicted octanol–water partition coefficient (Wildman–Crippen LogP) is 4.33. The molecule has 3 aromatic heterocycles. The molecule has 4 rings (SSSR count). The van der Waals surface area contributed by atoms with Crippen LogP contribution in [0.1, 0.15) is 25.8 Å². The number of rotatable bonds is 9. The summed E-state index contributed by atoms with van der Waals surface area (Å²) in [6.45, 7) is 5.88. The molecule has 0 atom stereocenters. The van der Waals surface area contributed by atoms with E-state index >= 15 is 0 Å². The number of carbonyl (C=O) groups is 1. The van der Waals surface area contributed by atoms with Gasteiger partial charge in [-0.25, -0.2) is 4.68 Å². The van der Waals surface area contributed by atoms with Crippen LogP contribution >= 0.6 is 11.3 Å². The van der Waals surface area contributed by atoms with Gasteiger partial charge in [-0.15, -0.1) is 11.3 Å². The molecule has 7 heteroatoms. The topological polar surface area (TPSA) is 68.9 Å². The summed E-state index contributed by atoms with van der Waals surface area (Å²) in [5, 5.41) is 10.5. The van der Waals surface area contributed by atoms with Crippen molar-refractivity contribution in [1.29, 1.82) is 0 Å². The average Bonchev–Trinajstić information content (AvgIpc) is 3.43. The van der Waals surface area contributed by atoms with Crippen LogP contribution in [0.3, 0.4) is 0 Å². The minimum Gasteiger partial charge on any atom is -0.354 e.